The fraction of sp³-hybridized carbons (Fsp3) is 0.250. The van der Waals surface area contributed by atoms with Gasteiger partial charge in [0.05, 0.1) is 6.04 Å². The van der Waals surface area contributed by atoms with Crippen molar-refractivity contribution < 1.29 is 22.0 Å². The third-order valence-electron chi connectivity index (χ3n) is 1.70. The molecule has 0 heterocycles. The molecule has 0 saturated heterocycles. The Bertz CT molecular complexity index is 339. The van der Waals surface area contributed by atoms with Crippen LogP contribution in [0.15, 0.2) is 12.1 Å². The standard InChI is InChI=1S/C8H6F5N/c9-4-2-1-3(5(10)6(4)11)7(14)8(12)13/h1-2,7-8H,14H2/t7-/m1/s1. The Kier molecular flexibility index (Phi) is 3.05. The highest BCUT2D eigenvalue weighted by Gasteiger charge is 2.24. The van der Waals surface area contributed by atoms with E-state index >= 15 is 0 Å². The van der Waals surface area contributed by atoms with E-state index in [1.807, 2.05) is 0 Å². The number of nitrogens with two attached hydrogens (primary N) is 1. The van der Waals surface area contributed by atoms with Gasteiger partial charge in [-0.15, -0.1) is 0 Å². The SMILES string of the molecule is N[C@H](c1ccc(F)c(F)c1F)C(F)F. The van der Waals surface area contributed by atoms with Gasteiger partial charge in [0.1, 0.15) is 0 Å². The molecular weight excluding hydrogens is 205 g/mol. The fourth-order valence-corrected chi connectivity index (χ4v) is 0.934. The maximum Gasteiger partial charge on any atom is 0.257 e. The summed E-state index contributed by atoms with van der Waals surface area (Å²) >= 11 is 0. The van der Waals surface area contributed by atoms with Crippen LogP contribution in [0.25, 0.3) is 0 Å². The number of rotatable bonds is 2. The molecule has 1 aromatic rings. The van der Waals surface area contributed by atoms with Crippen LogP contribution in [0.5, 0.6) is 0 Å². The van der Waals surface area contributed by atoms with Crippen molar-refractivity contribution in [3.63, 3.8) is 0 Å². The third-order valence-corrected chi connectivity index (χ3v) is 1.70. The molecule has 1 nitrogen and oxygen atoms in total. The monoisotopic (exact) mass is 211 g/mol. The zero-order valence-corrected chi connectivity index (χ0v) is 6.78. The summed E-state index contributed by atoms with van der Waals surface area (Å²) in [4.78, 5) is 0. The topological polar surface area (TPSA) is 26.0 Å². The summed E-state index contributed by atoms with van der Waals surface area (Å²) in [7, 11) is 0. The minimum Gasteiger partial charge on any atom is -0.319 e. The molecule has 0 saturated carbocycles. The normalized spacial score (nSPS) is 13.4. The van der Waals surface area contributed by atoms with E-state index in [0.29, 0.717) is 12.1 Å². The molecular formula is C8H6F5N. The summed E-state index contributed by atoms with van der Waals surface area (Å²) in [5.41, 5.74) is 4.14. The minimum atomic E-state index is -3.03. The molecule has 0 radical (unpaired) electrons. The Hall–Kier alpha value is -1.17. The second-order valence-electron chi connectivity index (χ2n) is 2.62. The van der Waals surface area contributed by atoms with Gasteiger partial charge in [0.15, 0.2) is 17.5 Å². The predicted octanol–water partition coefficient (Wildman–Crippen LogP) is 2.37. The van der Waals surface area contributed by atoms with Gasteiger partial charge in [-0.3, -0.25) is 0 Å². The molecule has 1 rings (SSSR count). The van der Waals surface area contributed by atoms with E-state index in [2.05, 4.69) is 0 Å². The summed E-state index contributed by atoms with van der Waals surface area (Å²) < 4.78 is 61.8. The minimum absolute atomic E-state index is 0.552. The smallest absolute Gasteiger partial charge is 0.257 e. The summed E-state index contributed by atoms with van der Waals surface area (Å²) in [5, 5.41) is 0. The van der Waals surface area contributed by atoms with Gasteiger partial charge in [-0.25, -0.2) is 22.0 Å². The zero-order chi connectivity index (χ0) is 10.9. The van der Waals surface area contributed by atoms with Crippen LogP contribution in [0.4, 0.5) is 22.0 Å². The molecule has 0 aliphatic heterocycles. The van der Waals surface area contributed by atoms with Crippen LogP contribution in [-0.4, -0.2) is 6.43 Å². The van der Waals surface area contributed by atoms with Gasteiger partial charge in [-0.2, -0.15) is 0 Å². The largest absolute Gasteiger partial charge is 0.319 e. The molecule has 0 amide bonds. The molecule has 6 heteroatoms. The lowest BCUT2D eigenvalue weighted by Gasteiger charge is -2.11. The van der Waals surface area contributed by atoms with Gasteiger partial charge in [0, 0.05) is 5.56 Å². The van der Waals surface area contributed by atoms with Gasteiger partial charge in [-0.05, 0) is 6.07 Å². The van der Waals surface area contributed by atoms with Crippen LogP contribution >= 0.6 is 0 Å². The van der Waals surface area contributed by atoms with Crippen molar-refractivity contribution >= 4 is 0 Å². The van der Waals surface area contributed by atoms with Crippen molar-refractivity contribution in [1.82, 2.24) is 0 Å². The van der Waals surface area contributed by atoms with Crippen LogP contribution in [0, 0.1) is 17.5 Å². The molecule has 2 N–H and O–H groups in total. The molecule has 0 unspecified atom stereocenters. The van der Waals surface area contributed by atoms with Gasteiger partial charge in [-0.1, -0.05) is 6.07 Å². The molecule has 0 aliphatic carbocycles. The van der Waals surface area contributed by atoms with E-state index in [-0.39, 0.29) is 0 Å². The predicted molar refractivity (Wildman–Crippen MR) is 39.2 cm³/mol. The highest BCUT2D eigenvalue weighted by Crippen LogP contribution is 2.23. The third kappa shape index (κ3) is 1.84. The van der Waals surface area contributed by atoms with Gasteiger partial charge >= 0.3 is 0 Å². The van der Waals surface area contributed by atoms with Gasteiger partial charge in [0.2, 0.25) is 0 Å². The zero-order valence-electron chi connectivity index (χ0n) is 6.78. The number of hydrogen-bond donors (Lipinski definition) is 1. The van der Waals surface area contributed by atoms with Crippen LogP contribution in [-0.2, 0) is 0 Å². The van der Waals surface area contributed by atoms with E-state index in [1.54, 1.807) is 0 Å². The van der Waals surface area contributed by atoms with Crippen molar-refractivity contribution in [2.75, 3.05) is 0 Å². The molecule has 0 bridgehead atoms. The highest BCUT2D eigenvalue weighted by atomic mass is 19.3. The van der Waals surface area contributed by atoms with Crippen LogP contribution in [0.3, 0.4) is 0 Å². The van der Waals surface area contributed by atoms with E-state index < -0.39 is 35.5 Å². The lowest BCUT2D eigenvalue weighted by molar-refractivity contribution is 0.114. The summed E-state index contributed by atoms with van der Waals surface area (Å²) in [6, 6.07) is -0.703. The average molecular weight is 211 g/mol. The van der Waals surface area contributed by atoms with E-state index in [9.17, 15) is 22.0 Å². The number of halogens is 5. The van der Waals surface area contributed by atoms with Crippen molar-refractivity contribution in [1.29, 1.82) is 0 Å². The molecule has 0 spiro atoms. The highest BCUT2D eigenvalue weighted by molar-refractivity contribution is 5.23. The van der Waals surface area contributed by atoms with E-state index in [0.717, 1.165) is 0 Å². The quantitative estimate of drug-likeness (QED) is 0.589. The Morgan fingerprint density at radius 3 is 2.07 bits per heavy atom. The summed E-state index contributed by atoms with van der Waals surface area (Å²) in [5.74, 6) is -4.90. The molecule has 14 heavy (non-hydrogen) atoms. The number of alkyl halides is 2. The first-order chi connectivity index (χ1) is 6.45. The van der Waals surface area contributed by atoms with Crippen LogP contribution in [0.2, 0.25) is 0 Å². The molecule has 0 fully saturated rings. The second-order valence-corrected chi connectivity index (χ2v) is 2.62. The number of hydrogen-bond acceptors (Lipinski definition) is 1. The van der Waals surface area contributed by atoms with E-state index in [1.165, 1.54) is 0 Å². The van der Waals surface area contributed by atoms with Gasteiger partial charge in [0.25, 0.3) is 6.43 Å². The lowest BCUT2D eigenvalue weighted by Crippen LogP contribution is -2.21. The van der Waals surface area contributed by atoms with Crippen molar-refractivity contribution in [3.05, 3.63) is 35.1 Å². The number of benzene rings is 1. The van der Waals surface area contributed by atoms with Crippen molar-refractivity contribution in [2.24, 2.45) is 5.73 Å². The van der Waals surface area contributed by atoms with Crippen LogP contribution in [0.1, 0.15) is 11.6 Å². The molecule has 1 aromatic carbocycles. The fourth-order valence-electron chi connectivity index (χ4n) is 0.934. The first kappa shape index (κ1) is 10.9. The first-order valence-corrected chi connectivity index (χ1v) is 3.62. The summed E-state index contributed by atoms with van der Waals surface area (Å²) in [6.07, 6.45) is -3.03. The van der Waals surface area contributed by atoms with Crippen LogP contribution < -0.4 is 5.73 Å². The Balaban J connectivity index is 3.17. The summed E-state index contributed by atoms with van der Waals surface area (Å²) in [6.45, 7) is 0. The Labute approximate surface area is 76.3 Å². The first-order valence-electron chi connectivity index (χ1n) is 3.62. The second kappa shape index (κ2) is 3.91. The van der Waals surface area contributed by atoms with Crippen molar-refractivity contribution in [3.8, 4) is 0 Å². The maximum absolute atomic E-state index is 12.8. The Morgan fingerprint density at radius 2 is 1.57 bits per heavy atom. The van der Waals surface area contributed by atoms with E-state index in [4.69, 9.17) is 5.73 Å². The molecule has 0 aromatic heterocycles. The van der Waals surface area contributed by atoms with Crippen molar-refractivity contribution in [2.45, 2.75) is 12.5 Å². The van der Waals surface area contributed by atoms with Gasteiger partial charge < -0.3 is 5.73 Å². The molecule has 1 atom stereocenters. The lowest BCUT2D eigenvalue weighted by atomic mass is 10.1. The maximum atomic E-state index is 12.8. The average Bonchev–Trinajstić information content (AvgIpc) is 2.13. The Morgan fingerprint density at radius 1 is 1.00 bits per heavy atom. The molecule has 0 aliphatic rings. The molecule has 78 valence electrons.